The number of halogens is 3. The van der Waals surface area contributed by atoms with Crippen LogP contribution in [0.4, 0.5) is 13.2 Å². The Bertz CT molecular complexity index is 1380. The summed E-state index contributed by atoms with van der Waals surface area (Å²) in [6.45, 7) is 6.61. The first kappa shape index (κ1) is 33.3. The maximum Gasteiger partial charge on any atom is 0.416 e. The third-order valence-electron chi connectivity index (χ3n) is 9.91. The highest BCUT2D eigenvalue weighted by Crippen LogP contribution is 2.54. The van der Waals surface area contributed by atoms with Crippen LogP contribution in [-0.2, 0) is 12.7 Å². The van der Waals surface area contributed by atoms with Crippen LogP contribution in [0.5, 0.6) is 0 Å². The van der Waals surface area contributed by atoms with Crippen LogP contribution < -0.4 is 5.73 Å². The summed E-state index contributed by atoms with van der Waals surface area (Å²) in [4.78, 5) is 2.58. The van der Waals surface area contributed by atoms with Crippen molar-refractivity contribution in [3.8, 4) is 0 Å². The molecule has 242 valence electrons. The van der Waals surface area contributed by atoms with Crippen molar-refractivity contribution in [3.05, 3.63) is 113 Å². The summed E-state index contributed by atoms with van der Waals surface area (Å²) in [7, 11) is 0. The Kier molecular flexibility index (Phi) is 11.1. The van der Waals surface area contributed by atoms with E-state index in [2.05, 4.69) is 73.3 Å². The summed E-state index contributed by atoms with van der Waals surface area (Å²) in [6, 6.07) is 27.2. The minimum Gasteiger partial charge on any atom is -0.323 e. The first-order valence-electron chi connectivity index (χ1n) is 17.2. The lowest BCUT2D eigenvalue weighted by atomic mass is 9.87. The van der Waals surface area contributed by atoms with Gasteiger partial charge in [0.1, 0.15) is 6.54 Å². The standard InChI is InChI=1S/C39H51F3N3/c1-3-5-25-35(43)36-37(32-20-12-8-13-21-32)45(28-30-17-10-7-11-18-30,29-31-19-16-24-34(27-31)39(40,41)42)38(44(36)26-6-4-2)33-22-14-9-15-23-33/h8-9,12-16,19-24,27,30,35,38H,3-7,10-11,17-18,25-26,28-29,43H2,1-2H3/q+1/t35-,38?,45?/m1/s1. The van der Waals surface area contributed by atoms with E-state index in [1.54, 1.807) is 6.07 Å². The van der Waals surface area contributed by atoms with Crippen LogP contribution >= 0.6 is 0 Å². The second-order valence-corrected chi connectivity index (χ2v) is 13.3. The smallest absolute Gasteiger partial charge is 0.323 e. The molecule has 6 heteroatoms. The molecule has 0 radical (unpaired) electrons. The van der Waals surface area contributed by atoms with E-state index in [4.69, 9.17) is 5.73 Å². The van der Waals surface area contributed by atoms with Crippen molar-refractivity contribution in [2.24, 2.45) is 11.7 Å². The highest BCUT2D eigenvalue weighted by Gasteiger charge is 2.56. The fourth-order valence-electron chi connectivity index (χ4n) is 7.92. The van der Waals surface area contributed by atoms with E-state index in [9.17, 15) is 13.2 Å². The summed E-state index contributed by atoms with van der Waals surface area (Å²) in [6.07, 6.45) is 6.51. The largest absolute Gasteiger partial charge is 0.416 e. The fourth-order valence-corrected chi connectivity index (χ4v) is 7.92. The highest BCUT2D eigenvalue weighted by molar-refractivity contribution is 5.66. The molecule has 5 rings (SSSR count). The van der Waals surface area contributed by atoms with Crippen LogP contribution in [0, 0.1) is 5.92 Å². The molecule has 1 fully saturated rings. The average Bonchev–Trinajstić information content (AvgIpc) is 3.32. The van der Waals surface area contributed by atoms with Crippen molar-refractivity contribution in [1.82, 2.24) is 4.90 Å². The molecule has 45 heavy (non-hydrogen) atoms. The van der Waals surface area contributed by atoms with Crippen molar-refractivity contribution in [2.45, 2.75) is 103 Å². The summed E-state index contributed by atoms with van der Waals surface area (Å²) in [5.74, 6) is 0.480. The lowest BCUT2D eigenvalue weighted by molar-refractivity contribution is -0.912. The zero-order valence-corrected chi connectivity index (χ0v) is 27.1. The third kappa shape index (κ3) is 7.49. The molecule has 1 aliphatic heterocycles. The van der Waals surface area contributed by atoms with Gasteiger partial charge in [-0.05, 0) is 49.9 Å². The number of benzene rings is 3. The zero-order chi connectivity index (χ0) is 31.9. The van der Waals surface area contributed by atoms with Crippen LogP contribution in [0.25, 0.3) is 5.70 Å². The number of unbranched alkanes of at least 4 members (excludes halogenated alkanes) is 2. The van der Waals surface area contributed by atoms with Gasteiger partial charge in [0.2, 0.25) is 0 Å². The van der Waals surface area contributed by atoms with Crippen molar-refractivity contribution < 1.29 is 17.7 Å². The van der Waals surface area contributed by atoms with Crippen LogP contribution in [0.2, 0.25) is 0 Å². The van der Waals surface area contributed by atoms with Gasteiger partial charge >= 0.3 is 6.18 Å². The number of hydrogen-bond donors (Lipinski definition) is 1. The van der Waals surface area contributed by atoms with Gasteiger partial charge in [-0.3, -0.25) is 4.48 Å². The molecule has 1 saturated carbocycles. The first-order chi connectivity index (χ1) is 21.8. The lowest BCUT2D eigenvalue weighted by Gasteiger charge is -2.46. The molecule has 3 aromatic rings. The van der Waals surface area contributed by atoms with Crippen LogP contribution in [-0.4, -0.2) is 28.5 Å². The van der Waals surface area contributed by atoms with E-state index in [1.807, 2.05) is 12.1 Å². The predicted octanol–water partition coefficient (Wildman–Crippen LogP) is 10.3. The first-order valence-corrected chi connectivity index (χ1v) is 17.2. The summed E-state index contributed by atoms with van der Waals surface area (Å²) in [5.41, 5.74) is 12.1. The van der Waals surface area contributed by atoms with Gasteiger partial charge in [-0.1, -0.05) is 113 Å². The van der Waals surface area contributed by atoms with E-state index in [1.165, 1.54) is 48.4 Å². The number of quaternary nitrogens is 1. The van der Waals surface area contributed by atoms with Crippen molar-refractivity contribution >= 4 is 5.70 Å². The summed E-state index contributed by atoms with van der Waals surface area (Å²) >= 11 is 0. The van der Waals surface area contributed by atoms with Gasteiger partial charge in [0, 0.05) is 29.2 Å². The lowest BCUT2D eigenvalue weighted by Crippen LogP contribution is -2.52. The molecule has 3 aromatic carbocycles. The minimum absolute atomic E-state index is 0.0906. The predicted molar refractivity (Wildman–Crippen MR) is 179 cm³/mol. The second kappa shape index (κ2) is 15.0. The number of nitrogens with zero attached hydrogens (tertiary/aromatic N) is 2. The van der Waals surface area contributed by atoms with Gasteiger partial charge in [0.05, 0.1) is 23.8 Å². The van der Waals surface area contributed by atoms with E-state index < -0.39 is 11.7 Å². The van der Waals surface area contributed by atoms with Gasteiger partial charge in [0.15, 0.2) is 11.9 Å². The Labute approximate surface area is 268 Å². The molecule has 0 aromatic heterocycles. The minimum atomic E-state index is -4.40. The maximum absolute atomic E-state index is 14.1. The molecule has 0 saturated heterocycles. The van der Waals surface area contributed by atoms with Gasteiger partial charge in [-0.2, -0.15) is 13.2 Å². The van der Waals surface area contributed by atoms with Gasteiger partial charge in [0.25, 0.3) is 0 Å². The highest BCUT2D eigenvalue weighted by atomic mass is 19.4. The van der Waals surface area contributed by atoms with E-state index >= 15 is 0 Å². The van der Waals surface area contributed by atoms with E-state index in [-0.39, 0.29) is 12.2 Å². The molecule has 3 nitrogen and oxygen atoms in total. The van der Waals surface area contributed by atoms with E-state index in [0.29, 0.717) is 22.5 Å². The molecule has 3 atom stereocenters. The van der Waals surface area contributed by atoms with Crippen LogP contribution in [0.3, 0.4) is 0 Å². The van der Waals surface area contributed by atoms with Crippen molar-refractivity contribution in [2.75, 3.05) is 13.1 Å². The molecule has 0 bridgehead atoms. The van der Waals surface area contributed by atoms with Crippen LogP contribution in [0.15, 0.2) is 90.6 Å². The maximum atomic E-state index is 14.1. The zero-order valence-electron chi connectivity index (χ0n) is 27.1. The molecular weight excluding hydrogens is 567 g/mol. The van der Waals surface area contributed by atoms with Crippen molar-refractivity contribution in [3.63, 3.8) is 0 Å². The molecule has 0 spiro atoms. The monoisotopic (exact) mass is 618 g/mol. The van der Waals surface area contributed by atoms with Gasteiger partial charge < -0.3 is 10.6 Å². The van der Waals surface area contributed by atoms with Gasteiger partial charge in [-0.25, -0.2) is 0 Å². The quantitative estimate of drug-likeness (QED) is 0.193. The Morgan fingerprint density at radius 1 is 0.844 bits per heavy atom. The Morgan fingerprint density at radius 2 is 1.51 bits per heavy atom. The second-order valence-electron chi connectivity index (χ2n) is 13.3. The Hall–Kier alpha value is -3.09. The molecule has 2 N–H and O–H groups in total. The number of rotatable bonds is 13. The molecule has 2 aliphatic rings. The third-order valence-corrected chi connectivity index (χ3v) is 9.91. The molecule has 2 unspecified atom stereocenters. The van der Waals surface area contributed by atoms with Crippen LogP contribution in [0.1, 0.15) is 106 Å². The van der Waals surface area contributed by atoms with E-state index in [0.717, 1.165) is 63.6 Å². The Morgan fingerprint density at radius 3 is 2.16 bits per heavy atom. The molecule has 1 heterocycles. The Balaban J connectivity index is 1.82. The normalized spacial score (nSPS) is 21.8. The summed E-state index contributed by atoms with van der Waals surface area (Å²) in [5, 5.41) is 0. The molecular formula is C39H51F3N3+. The molecule has 1 aliphatic carbocycles. The van der Waals surface area contributed by atoms with Gasteiger partial charge in [-0.15, -0.1) is 0 Å². The average molecular weight is 619 g/mol. The SMILES string of the molecule is CCCC[C@@H](N)C1=C(c2ccccc2)[N+](Cc2cccc(C(F)(F)F)c2)(CC2CCCCC2)C(c2ccccc2)N1CCCC. The topological polar surface area (TPSA) is 29.3 Å². The fraction of sp³-hybridized carbons (Fsp3) is 0.487. The summed E-state index contributed by atoms with van der Waals surface area (Å²) < 4.78 is 42.8. The molecule has 0 amide bonds. The number of hydrogen-bond acceptors (Lipinski definition) is 2. The number of alkyl halides is 3. The number of nitrogens with two attached hydrogens (primary N) is 1. The van der Waals surface area contributed by atoms with Crippen molar-refractivity contribution in [1.29, 1.82) is 0 Å².